The average molecular weight is 317 g/mol. The van der Waals surface area contributed by atoms with E-state index in [1.54, 1.807) is 27.7 Å². The van der Waals surface area contributed by atoms with E-state index in [9.17, 15) is 9.59 Å². The Kier molecular flexibility index (Phi) is 5.98. The fourth-order valence-corrected chi connectivity index (χ4v) is 1.05. The molecular formula is C11H16Cl3NO3. The Hall–Kier alpha value is -0.450. The average Bonchev–Trinajstić information content (AvgIpc) is 2.11. The zero-order chi connectivity index (χ0) is 14.7. The van der Waals surface area contributed by atoms with Gasteiger partial charge in [0.25, 0.3) is 9.70 Å². The topological polar surface area (TPSA) is 55.4 Å². The molecule has 0 rings (SSSR count). The van der Waals surface area contributed by atoms with Crippen LogP contribution in [0.1, 0.15) is 27.7 Å². The number of halogens is 3. The third-order valence-electron chi connectivity index (χ3n) is 1.79. The highest BCUT2D eigenvalue weighted by Crippen LogP contribution is 2.26. The van der Waals surface area contributed by atoms with Crippen LogP contribution in [0.5, 0.6) is 0 Å². The molecule has 1 unspecified atom stereocenters. The van der Waals surface area contributed by atoms with Gasteiger partial charge >= 0.3 is 5.97 Å². The van der Waals surface area contributed by atoms with Gasteiger partial charge in [-0.15, -0.1) is 0 Å². The first-order valence-electron chi connectivity index (χ1n) is 5.14. The minimum atomic E-state index is -2.08. The summed E-state index contributed by atoms with van der Waals surface area (Å²) in [5.41, 5.74) is -0.564. The Morgan fingerprint density at radius 2 is 1.67 bits per heavy atom. The number of hydrogen-bond acceptors (Lipinski definition) is 3. The van der Waals surface area contributed by atoms with Crippen LogP contribution in [-0.4, -0.2) is 27.3 Å². The van der Waals surface area contributed by atoms with Gasteiger partial charge in [0.2, 0.25) is 0 Å². The summed E-state index contributed by atoms with van der Waals surface area (Å²) in [4.78, 5) is 23.0. The van der Waals surface area contributed by atoms with Crippen LogP contribution in [0.3, 0.4) is 0 Å². The quantitative estimate of drug-likeness (QED) is 0.495. The molecule has 0 aromatic rings. The van der Waals surface area contributed by atoms with Gasteiger partial charge in [0, 0.05) is 0 Å². The van der Waals surface area contributed by atoms with E-state index in [-0.39, 0.29) is 5.57 Å². The number of carbonyl (C=O) groups excluding carboxylic acids is 2. The first kappa shape index (κ1) is 17.6. The largest absolute Gasteiger partial charge is 0.457 e. The first-order chi connectivity index (χ1) is 7.84. The first-order valence-corrected chi connectivity index (χ1v) is 6.28. The third kappa shape index (κ3) is 6.47. The lowest BCUT2D eigenvalue weighted by atomic mass is 10.1. The molecule has 0 heterocycles. The standard InChI is InChI=1S/C11H16Cl3NO3/c1-6(8(16)18-10(3,4)5)7(2)15-9(17)11(12,13)14/h7H,1H2,2-5H3,(H,15,17). The molecule has 1 N–H and O–H groups in total. The molecule has 0 spiro atoms. The zero-order valence-corrected chi connectivity index (χ0v) is 12.9. The van der Waals surface area contributed by atoms with Gasteiger partial charge in [0.05, 0.1) is 11.6 Å². The minimum absolute atomic E-state index is 0.0764. The van der Waals surface area contributed by atoms with Gasteiger partial charge < -0.3 is 10.1 Å². The Morgan fingerprint density at radius 1 is 1.22 bits per heavy atom. The summed E-state index contributed by atoms with van der Waals surface area (Å²) in [6.07, 6.45) is 0. The van der Waals surface area contributed by atoms with Gasteiger partial charge in [-0.1, -0.05) is 41.4 Å². The zero-order valence-electron chi connectivity index (χ0n) is 10.6. The summed E-state index contributed by atoms with van der Waals surface area (Å²) in [5, 5.41) is 2.35. The van der Waals surface area contributed by atoms with Crippen molar-refractivity contribution in [2.75, 3.05) is 0 Å². The molecule has 0 aromatic carbocycles. The maximum absolute atomic E-state index is 11.7. The number of ether oxygens (including phenoxy) is 1. The second-order valence-corrected chi connectivity index (χ2v) is 7.00. The van der Waals surface area contributed by atoms with E-state index in [0.29, 0.717) is 0 Å². The van der Waals surface area contributed by atoms with Gasteiger partial charge in [0.1, 0.15) is 5.60 Å². The van der Waals surface area contributed by atoms with Crippen molar-refractivity contribution in [2.24, 2.45) is 0 Å². The normalized spacial score (nSPS) is 13.7. The van der Waals surface area contributed by atoms with Crippen molar-refractivity contribution < 1.29 is 14.3 Å². The highest BCUT2D eigenvalue weighted by molar-refractivity contribution is 6.76. The molecule has 1 atom stereocenters. The number of nitrogens with one attached hydrogen (secondary N) is 1. The number of hydrogen-bond donors (Lipinski definition) is 1. The Balaban J connectivity index is 4.54. The van der Waals surface area contributed by atoms with E-state index in [2.05, 4.69) is 11.9 Å². The van der Waals surface area contributed by atoms with Crippen molar-refractivity contribution in [1.29, 1.82) is 0 Å². The maximum Gasteiger partial charge on any atom is 0.336 e. The highest BCUT2D eigenvalue weighted by atomic mass is 35.6. The van der Waals surface area contributed by atoms with Crippen molar-refractivity contribution in [3.8, 4) is 0 Å². The van der Waals surface area contributed by atoms with Crippen LogP contribution in [0.15, 0.2) is 12.2 Å². The fourth-order valence-electron chi connectivity index (χ4n) is 0.886. The second kappa shape index (κ2) is 6.13. The maximum atomic E-state index is 11.7. The Morgan fingerprint density at radius 3 is 2.00 bits per heavy atom. The van der Waals surface area contributed by atoms with Gasteiger partial charge in [-0.05, 0) is 27.7 Å². The van der Waals surface area contributed by atoms with Gasteiger partial charge in [-0.2, -0.15) is 0 Å². The lowest BCUT2D eigenvalue weighted by Gasteiger charge is -2.23. The molecule has 0 fully saturated rings. The van der Waals surface area contributed by atoms with Crippen molar-refractivity contribution in [3.63, 3.8) is 0 Å². The van der Waals surface area contributed by atoms with Crippen molar-refractivity contribution in [1.82, 2.24) is 5.32 Å². The summed E-state index contributed by atoms with van der Waals surface area (Å²) < 4.78 is 3.02. The second-order valence-electron chi connectivity index (χ2n) is 4.72. The number of rotatable bonds is 3. The summed E-state index contributed by atoms with van der Waals surface area (Å²) >= 11 is 16.2. The molecule has 0 radical (unpaired) electrons. The molecule has 18 heavy (non-hydrogen) atoms. The summed E-state index contributed by atoms with van der Waals surface area (Å²) in [6.45, 7) is 10.3. The van der Waals surface area contributed by atoms with E-state index >= 15 is 0 Å². The minimum Gasteiger partial charge on any atom is -0.457 e. The monoisotopic (exact) mass is 315 g/mol. The summed E-state index contributed by atoms with van der Waals surface area (Å²) in [5.74, 6) is -1.44. The van der Waals surface area contributed by atoms with Crippen molar-refractivity contribution in [2.45, 2.75) is 43.1 Å². The molecule has 0 aliphatic carbocycles. The summed E-state index contributed by atoms with van der Waals surface area (Å²) in [7, 11) is 0. The number of amides is 1. The molecule has 0 aromatic heterocycles. The Labute approximate surface area is 122 Å². The molecule has 0 aliphatic heterocycles. The number of esters is 1. The van der Waals surface area contributed by atoms with Crippen LogP contribution in [0.2, 0.25) is 0 Å². The van der Waals surface area contributed by atoms with Crippen molar-refractivity contribution >= 4 is 46.7 Å². The van der Waals surface area contributed by atoms with Crippen LogP contribution in [0, 0.1) is 0 Å². The predicted molar refractivity (Wildman–Crippen MR) is 72.9 cm³/mol. The van der Waals surface area contributed by atoms with Gasteiger partial charge in [-0.3, -0.25) is 4.79 Å². The molecule has 0 saturated carbocycles. The van der Waals surface area contributed by atoms with Crippen LogP contribution in [0.4, 0.5) is 0 Å². The van der Waals surface area contributed by atoms with Crippen LogP contribution >= 0.6 is 34.8 Å². The third-order valence-corrected chi connectivity index (χ3v) is 2.30. The van der Waals surface area contributed by atoms with Gasteiger partial charge in [-0.25, -0.2) is 4.79 Å². The van der Waals surface area contributed by atoms with E-state index < -0.39 is 27.3 Å². The molecule has 104 valence electrons. The van der Waals surface area contributed by atoms with Crippen molar-refractivity contribution in [3.05, 3.63) is 12.2 Å². The predicted octanol–water partition coefficient (Wildman–Crippen LogP) is 2.76. The summed E-state index contributed by atoms with van der Waals surface area (Å²) in [6, 6.07) is -0.692. The molecule has 0 aliphatic rings. The lowest BCUT2D eigenvalue weighted by molar-refractivity contribution is -0.150. The van der Waals surface area contributed by atoms with Gasteiger partial charge in [0.15, 0.2) is 0 Å². The molecule has 1 amide bonds. The van der Waals surface area contributed by atoms with Crippen LogP contribution in [-0.2, 0) is 14.3 Å². The molecular weight excluding hydrogens is 300 g/mol. The van der Waals surface area contributed by atoms with E-state index in [4.69, 9.17) is 39.5 Å². The molecule has 7 heteroatoms. The molecule has 4 nitrogen and oxygen atoms in total. The molecule has 0 bridgehead atoms. The number of carbonyl (C=O) groups is 2. The molecule has 0 saturated heterocycles. The van der Waals surface area contributed by atoms with E-state index in [1.165, 1.54) is 0 Å². The number of alkyl halides is 3. The lowest BCUT2D eigenvalue weighted by Crippen LogP contribution is -2.43. The van der Waals surface area contributed by atoms with Crippen LogP contribution in [0.25, 0.3) is 0 Å². The smallest absolute Gasteiger partial charge is 0.336 e. The van der Waals surface area contributed by atoms with E-state index in [1.807, 2.05) is 0 Å². The van der Waals surface area contributed by atoms with E-state index in [0.717, 1.165) is 0 Å². The SMILES string of the molecule is C=C(C(=O)OC(C)(C)C)C(C)NC(=O)C(Cl)(Cl)Cl. The Bertz CT molecular complexity index is 356. The highest BCUT2D eigenvalue weighted by Gasteiger charge is 2.33. The van der Waals surface area contributed by atoms with Crippen LogP contribution < -0.4 is 5.32 Å². The fraction of sp³-hybridized carbons (Fsp3) is 0.636.